The van der Waals surface area contributed by atoms with Crippen molar-refractivity contribution in [3.05, 3.63) is 65.7 Å². The van der Waals surface area contributed by atoms with Crippen molar-refractivity contribution in [3.8, 4) is 5.75 Å². The third-order valence-corrected chi connectivity index (χ3v) is 5.14. The molecule has 4 nitrogen and oxygen atoms in total. The number of methoxy groups -OCH3 is 1. The van der Waals surface area contributed by atoms with Gasteiger partial charge in [-0.3, -0.25) is 4.72 Å². The van der Waals surface area contributed by atoms with E-state index in [0.717, 1.165) is 5.39 Å². The molecule has 3 aromatic rings. The van der Waals surface area contributed by atoms with E-state index in [1.807, 2.05) is 12.1 Å². The summed E-state index contributed by atoms with van der Waals surface area (Å²) in [6.45, 7) is 0. The number of rotatable bonds is 4. The number of anilines is 1. The van der Waals surface area contributed by atoms with Crippen molar-refractivity contribution in [2.75, 3.05) is 11.8 Å². The van der Waals surface area contributed by atoms with E-state index in [1.54, 1.807) is 55.6 Å². The van der Waals surface area contributed by atoms with Gasteiger partial charge in [-0.25, -0.2) is 8.42 Å². The van der Waals surface area contributed by atoms with Crippen molar-refractivity contribution in [2.24, 2.45) is 0 Å². The zero-order valence-electron chi connectivity index (χ0n) is 12.3. The maximum absolute atomic E-state index is 12.7. The van der Waals surface area contributed by atoms with Crippen molar-refractivity contribution < 1.29 is 13.2 Å². The van der Waals surface area contributed by atoms with E-state index < -0.39 is 10.0 Å². The summed E-state index contributed by atoms with van der Waals surface area (Å²) in [5, 5.41) is 1.89. The third kappa shape index (κ3) is 3.11. The molecule has 23 heavy (non-hydrogen) atoms. The molecule has 0 aliphatic heterocycles. The van der Waals surface area contributed by atoms with Crippen LogP contribution in [0.5, 0.6) is 5.75 Å². The summed E-state index contributed by atoms with van der Waals surface area (Å²) in [7, 11) is -2.17. The summed E-state index contributed by atoms with van der Waals surface area (Å²) in [4.78, 5) is 0.198. The molecule has 0 radical (unpaired) electrons. The van der Waals surface area contributed by atoms with Gasteiger partial charge in [0.15, 0.2) is 0 Å². The molecular weight excluding hydrogens is 334 g/mol. The maximum atomic E-state index is 12.7. The Morgan fingerprint density at radius 2 is 1.57 bits per heavy atom. The van der Waals surface area contributed by atoms with Gasteiger partial charge < -0.3 is 4.74 Å². The lowest BCUT2D eigenvalue weighted by Gasteiger charge is -2.12. The number of nitrogens with one attached hydrogen (secondary N) is 1. The molecule has 1 N–H and O–H groups in total. The highest BCUT2D eigenvalue weighted by Crippen LogP contribution is 2.31. The number of benzene rings is 3. The highest BCUT2D eigenvalue weighted by molar-refractivity contribution is 7.93. The third-order valence-electron chi connectivity index (χ3n) is 3.45. The Kier molecular flexibility index (Phi) is 4.15. The van der Waals surface area contributed by atoms with Gasteiger partial charge >= 0.3 is 0 Å². The maximum Gasteiger partial charge on any atom is 0.262 e. The zero-order chi connectivity index (χ0) is 16.4. The molecule has 0 aliphatic carbocycles. The highest BCUT2D eigenvalue weighted by Gasteiger charge is 2.19. The molecule has 0 unspecified atom stereocenters. The number of hydrogen-bond acceptors (Lipinski definition) is 3. The van der Waals surface area contributed by atoms with Gasteiger partial charge in [-0.05, 0) is 36.4 Å². The Labute approximate surface area is 139 Å². The lowest BCUT2D eigenvalue weighted by Crippen LogP contribution is -2.13. The SMILES string of the molecule is COc1ccc(S(=O)(=O)Nc2ccc(Cl)cc2)c2ccccc12. The Bertz CT molecular complexity index is 953. The first-order valence-corrected chi connectivity index (χ1v) is 8.71. The van der Waals surface area contributed by atoms with Crippen LogP contribution in [0.15, 0.2) is 65.6 Å². The molecule has 6 heteroatoms. The van der Waals surface area contributed by atoms with Gasteiger partial charge in [0.1, 0.15) is 5.75 Å². The Hall–Kier alpha value is -2.24. The van der Waals surface area contributed by atoms with E-state index >= 15 is 0 Å². The highest BCUT2D eigenvalue weighted by atomic mass is 35.5. The second-order valence-electron chi connectivity index (χ2n) is 4.92. The molecule has 0 aromatic heterocycles. The summed E-state index contributed by atoms with van der Waals surface area (Å²) < 4.78 is 33.3. The monoisotopic (exact) mass is 347 g/mol. The lowest BCUT2D eigenvalue weighted by atomic mass is 10.1. The second-order valence-corrected chi connectivity index (χ2v) is 7.01. The van der Waals surface area contributed by atoms with Crippen LogP contribution in [0, 0.1) is 0 Å². The van der Waals surface area contributed by atoms with E-state index in [0.29, 0.717) is 21.8 Å². The summed E-state index contributed by atoms with van der Waals surface area (Å²) in [6.07, 6.45) is 0. The van der Waals surface area contributed by atoms with Crippen LogP contribution in [0.2, 0.25) is 5.02 Å². The molecule has 0 saturated heterocycles. The van der Waals surface area contributed by atoms with Gasteiger partial charge in [-0.15, -0.1) is 0 Å². The molecular formula is C17H14ClNO3S. The molecule has 3 rings (SSSR count). The largest absolute Gasteiger partial charge is 0.496 e. The average molecular weight is 348 g/mol. The minimum Gasteiger partial charge on any atom is -0.496 e. The standard InChI is InChI=1S/C17H14ClNO3S/c1-22-16-10-11-17(15-5-3-2-4-14(15)16)23(20,21)19-13-8-6-12(18)7-9-13/h2-11,19H,1H3. The molecule has 3 aromatic carbocycles. The number of fused-ring (bicyclic) bond motifs is 1. The fraction of sp³-hybridized carbons (Fsp3) is 0.0588. The first-order valence-electron chi connectivity index (χ1n) is 6.85. The minimum absolute atomic E-state index is 0.198. The van der Waals surface area contributed by atoms with E-state index in [2.05, 4.69) is 4.72 Å². The number of hydrogen-bond donors (Lipinski definition) is 1. The van der Waals surface area contributed by atoms with Crippen LogP contribution in [-0.2, 0) is 10.0 Å². The smallest absolute Gasteiger partial charge is 0.262 e. The summed E-state index contributed by atoms with van der Waals surface area (Å²) in [6, 6.07) is 16.9. The van der Waals surface area contributed by atoms with Crippen molar-refractivity contribution in [1.82, 2.24) is 0 Å². The van der Waals surface area contributed by atoms with E-state index in [-0.39, 0.29) is 4.90 Å². The predicted octanol–water partition coefficient (Wildman–Crippen LogP) is 4.30. The fourth-order valence-corrected chi connectivity index (χ4v) is 3.78. The lowest BCUT2D eigenvalue weighted by molar-refractivity contribution is 0.419. The van der Waals surface area contributed by atoms with Crippen LogP contribution in [0.3, 0.4) is 0 Å². The van der Waals surface area contributed by atoms with Crippen molar-refractivity contribution in [2.45, 2.75) is 4.90 Å². The van der Waals surface area contributed by atoms with Crippen LogP contribution >= 0.6 is 11.6 Å². The molecule has 0 atom stereocenters. The first kappa shape index (κ1) is 15.6. The van der Waals surface area contributed by atoms with Gasteiger partial charge in [-0.2, -0.15) is 0 Å². The molecule has 0 aliphatic rings. The fourth-order valence-electron chi connectivity index (χ4n) is 2.38. The van der Waals surface area contributed by atoms with Crippen LogP contribution in [0.1, 0.15) is 0 Å². The van der Waals surface area contributed by atoms with Crippen molar-refractivity contribution >= 4 is 38.1 Å². The van der Waals surface area contributed by atoms with Gasteiger partial charge in [0, 0.05) is 21.5 Å². The zero-order valence-corrected chi connectivity index (χ0v) is 13.9. The molecule has 118 valence electrons. The van der Waals surface area contributed by atoms with Crippen molar-refractivity contribution in [1.29, 1.82) is 0 Å². The molecule has 0 bridgehead atoms. The second kappa shape index (κ2) is 6.10. The Balaban J connectivity index is 2.10. The molecule has 0 saturated carbocycles. The summed E-state index contributed by atoms with van der Waals surface area (Å²) >= 11 is 5.82. The quantitative estimate of drug-likeness (QED) is 0.765. The van der Waals surface area contributed by atoms with Crippen LogP contribution < -0.4 is 9.46 Å². The van der Waals surface area contributed by atoms with Gasteiger partial charge in [0.25, 0.3) is 10.0 Å². The Morgan fingerprint density at radius 3 is 2.22 bits per heavy atom. The van der Waals surface area contributed by atoms with E-state index in [4.69, 9.17) is 16.3 Å². The van der Waals surface area contributed by atoms with E-state index in [9.17, 15) is 8.42 Å². The van der Waals surface area contributed by atoms with Gasteiger partial charge in [-0.1, -0.05) is 35.9 Å². The average Bonchev–Trinajstić information content (AvgIpc) is 2.55. The predicted molar refractivity (Wildman–Crippen MR) is 92.8 cm³/mol. The van der Waals surface area contributed by atoms with Crippen LogP contribution in [0.4, 0.5) is 5.69 Å². The molecule has 0 fully saturated rings. The Morgan fingerprint density at radius 1 is 0.913 bits per heavy atom. The van der Waals surface area contributed by atoms with Gasteiger partial charge in [0.05, 0.1) is 12.0 Å². The minimum atomic E-state index is -3.73. The normalized spacial score (nSPS) is 11.4. The summed E-state index contributed by atoms with van der Waals surface area (Å²) in [5.74, 6) is 0.631. The van der Waals surface area contributed by atoms with E-state index in [1.165, 1.54) is 0 Å². The molecule has 0 heterocycles. The van der Waals surface area contributed by atoms with Gasteiger partial charge in [0.2, 0.25) is 0 Å². The van der Waals surface area contributed by atoms with Crippen LogP contribution in [0.25, 0.3) is 10.8 Å². The molecule has 0 amide bonds. The first-order chi connectivity index (χ1) is 11.0. The molecule has 0 spiro atoms. The topological polar surface area (TPSA) is 55.4 Å². The number of halogens is 1. The van der Waals surface area contributed by atoms with Crippen molar-refractivity contribution in [3.63, 3.8) is 0 Å². The van der Waals surface area contributed by atoms with Crippen LogP contribution in [-0.4, -0.2) is 15.5 Å². The number of sulfonamides is 1. The summed E-state index contributed by atoms with van der Waals surface area (Å²) in [5.41, 5.74) is 0.453. The number of ether oxygens (including phenoxy) is 1.